The normalized spacial score (nSPS) is 11.6. The van der Waals surface area contributed by atoms with E-state index in [0.29, 0.717) is 28.0 Å². The molecule has 0 spiro atoms. The molecule has 0 atom stereocenters. The van der Waals surface area contributed by atoms with E-state index in [0.717, 1.165) is 17.7 Å². The Labute approximate surface area is 214 Å². The van der Waals surface area contributed by atoms with Crippen LogP contribution in [0.5, 0.6) is 17.2 Å². The SMILES string of the molecule is COc1cc(C(F)(F)F)nc2ccc(COc3ccc(OCc4ccc(F)cc4)c(/C=C/C(=O)O)c3)cc12. The third kappa shape index (κ3) is 6.58. The van der Waals surface area contributed by atoms with Gasteiger partial charge in [-0.2, -0.15) is 13.2 Å². The number of benzene rings is 3. The number of carboxylic acid groups (broad SMARTS) is 1. The second-order valence-electron chi connectivity index (χ2n) is 8.13. The van der Waals surface area contributed by atoms with Crippen LogP contribution in [-0.2, 0) is 24.2 Å². The molecule has 0 bridgehead atoms. The predicted molar refractivity (Wildman–Crippen MR) is 131 cm³/mol. The van der Waals surface area contributed by atoms with Crippen molar-refractivity contribution in [3.8, 4) is 17.2 Å². The number of aliphatic carboxylic acids is 1. The maximum absolute atomic E-state index is 13.1. The van der Waals surface area contributed by atoms with Crippen LogP contribution in [0.15, 0.2) is 72.8 Å². The van der Waals surface area contributed by atoms with E-state index in [-0.39, 0.29) is 30.3 Å². The van der Waals surface area contributed by atoms with Gasteiger partial charge in [-0.1, -0.05) is 18.2 Å². The Morgan fingerprint density at radius 2 is 1.63 bits per heavy atom. The molecule has 0 fully saturated rings. The van der Waals surface area contributed by atoms with Crippen molar-refractivity contribution in [2.45, 2.75) is 19.4 Å². The number of halogens is 4. The van der Waals surface area contributed by atoms with Gasteiger partial charge in [-0.3, -0.25) is 0 Å². The topological polar surface area (TPSA) is 77.9 Å². The summed E-state index contributed by atoms with van der Waals surface area (Å²) in [5, 5.41) is 9.44. The van der Waals surface area contributed by atoms with Crippen molar-refractivity contribution >= 4 is 22.9 Å². The van der Waals surface area contributed by atoms with Gasteiger partial charge >= 0.3 is 12.1 Å². The van der Waals surface area contributed by atoms with E-state index in [2.05, 4.69) is 4.98 Å². The van der Waals surface area contributed by atoms with Gasteiger partial charge in [-0.25, -0.2) is 14.2 Å². The van der Waals surface area contributed by atoms with Crippen molar-refractivity contribution in [3.05, 3.63) is 101 Å². The molecule has 0 saturated heterocycles. The Balaban J connectivity index is 1.53. The molecule has 0 radical (unpaired) electrons. The maximum atomic E-state index is 13.1. The Hall–Kier alpha value is -4.60. The number of alkyl halides is 3. The summed E-state index contributed by atoms with van der Waals surface area (Å²) in [6.07, 6.45) is -2.29. The van der Waals surface area contributed by atoms with Crippen LogP contribution in [0.1, 0.15) is 22.4 Å². The van der Waals surface area contributed by atoms with Crippen LogP contribution in [0.4, 0.5) is 17.6 Å². The minimum Gasteiger partial charge on any atom is -0.496 e. The van der Waals surface area contributed by atoms with E-state index < -0.39 is 17.8 Å². The summed E-state index contributed by atoms with van der Waals surface area (Å²) >= 11 is 0. The van der Waals surface area contributed by atoms with Gasteiger partial charge in [0, 0.05) is 23.1 Å². The average Bonchev–Trinajstić information content (AvgIpc) is 2.89. The van der Waals surface area contributed by atoms with Gasteiger partial charge in [0.15, 0.2) is 0 Å². The molecule has 3 aromatic carbocycles. The number of nitrogens with zero attached hydrogens (tertiary/aromatic N) is 1. The van der Waals surface area contributed by atoms with Gasteiger partial charge in [0.25, 0.3) is 0 Å². The highest BCUT2D eigenvalue weighted by Crippen LogP contribution is 2.34. The van der Waals surface area contributed by atoms with Crippen LogP contribution in [-0.4, -0.2) is 23.2 Å². The number of fused-ring (bicyclic) bond motifs is 1. The van der Waals surface area contributed by atoms with Gasteiger partial charge in [0.2, 0.25) is 0 Å². The van der Waals surface area contributed by atoms with Crippen LogP contribution < -0.4 is 14.2 Å². The maximum Gasteiger partial charge on any atom is 0.433 e. The Morgan fingerprint density at radius 3 is 2.32 bits per heavy atom. The molecule has 0 aliphatic carbocycles. The van der Waals surface area contributed by atoms with E-state index in [1.807, 2.05) is 0 Å². The standard InChI is InChI=1S/C28H21F4NO5/c1-36-25-14-26(28(30,31)32)33-23-9-4-18(12-22(23)25)16-37-21-8-10-24(19(13-21)5-11-27(34)35)38-15-17-2-6-20(29)7-3-17/h2-14H,15-16H2,1H3,(H,34,35)/b11-5+. The molecular weight excluding hydrogens is 506 g/mol. The highest BCUT2D eigenvalue weighted by molar-refractivity contribution is 5.86. The molecule has 4 aromatic rings. The predicted octanol–water partition coefficient (Wildman–Crippen LogP) is 6.66. The number of carbonyl (C=O) groups is 1. The fourth-order valence-corrected chi connectivity index (χ4v) is 3.59. The highest BCUT2D eigenvalue weighted by Gasteiger charge is 2.33. The Bertz CT molecular complexity index is 1480. The third-order valence-corrected chi connectivity index (χ3v) is 5.45. The molecular formula is C28H21F4NO5. The second-order valence-corrected chi connectivity index (χ2v) is 8.13. The lowest BCUT2D eigenvalue weighted by Gasteiger charge is -2.14. The summed E-state index contributed by atoms with van der Waals surface area (Å²) in [7, 11) is 1.28. The zero-order valence-electron chi connectivity index (χ0n) is 20.0. The minimum absolute atomic E-state index is 0.0351. The number of carboxylic acids is 1. The second kappa shape index (κ2) is 11.2. The highest BCUT2D eigenvalue weighted by atomic mass is 19.4. The van der Waals surface area contributed by atoms with E-state index in [1.165, 1.54) is 31.4 Å². The summed E-state index contributed by atoms with van der Waals surface area (Å²) in [5.41, 5.74) is 0.898. The largest absolute Gasteiger partial charge is 0.496 e. The van der Waals surface area contributed by atoms with Crippen molar-refractivity contribution in [1.82, 2.24) is 4.98 Å². The van der Waals surface area contributed by atoms with Crippen molar-refractivity contribution < 1.29 is 41.7 Å². The van der Waals surface area contributed by atoms with Gasteiger partial charge < -0.3 is 19.3 Å². The molecule has 6 nitrogen and oxygen atoms in total. The summed E-state index contributed by atoms with van der Waals surface area (Å²) in [4.78, 5) is 14.7. The zero-order chi connectivity index (χ0) is 27.3. The van der Waals surface area contributed by atoms with Gasteiger partial charge in [0.05, 0.1) is 12.6 Å². The molecule has 10 heteroatoms. The molecule has 1 N–H and O–H groups in total. The Kier molecular flexibility index (Phi) is 7.80. The number of hydrogen-bond donors (Lipinski definition) is 1. The molecule has 0 saturated carbocycles. The minimum atomic E-state index is -4.61. The monoisotopic (exact) mass is 527 g/mol. The fourth-order valence-electron chi connectivity index (χ4n) is 3.59. The molecule has 0 aliphatic heterocycles. The molecule has 196 valence electrons. The first-order valence-electron chi connectivity index (χ1n) is 11.2. The van der Waals surface area contributed by atoms with Crippen molar-refractivity contribution in [2.24, 2.45) is 0 Å². The van der Waals surface area contributed by atoms with Gasteiger partial charge in [-0.15, -0.1) is 0 Å². The number of hydrogen-bond acceptors (Lipinski definition) is 5. The molecule has 0 amide bonds. The van der Waals surface area contributed by atoms with Gasteiger partial charge in [-0.05, 0) is 59.7 Å². The first kappa shape index (κ1) is 26.5. The van der Waals surface area contributed by atoms with E-state index in [1.54, 1.807) is 42.5 Å². The molecule has 1 aromatic heterocycles. The summed E-state index contributed by atoms with van der Waals surface area (Å²) in [6, 6.07) is 16.2. The van der Waals surface area contributed by atoms with Crippen molar-refractivity contribution in [3.63, 3.8) is 0 Å². The molecule has 0 aliphatic rings. The number of rotatable bonds is 9. The fraction of sp³-hybridized carbons (Fsp3) is 0.143. The van der Waals surface area contributed by atoms with E-state index in [9.17, 15) is 22.4 Å². The van der Waals surface area contributed by atoms with Crippen LogP contribution in [0, 0.1) is 5.82 Å². The summed E-state index contributed by atoms with van der Waals surface area (Å²) in [6.45, 7) is 0.204. The summed E-state index contributed by atoms with van der Waals surface area (Å²) in [5.74, 6) is -0.684. The molecule has 0 unspecified atom stereocenters. The quantitative estimate of drug-likeness (QED) is 0.194. The van der Waals surface area contributed by atoms with Crippen LogP contribution in [0.3, 0.4) is 0 Å². The van der Waals surface area contributed by atoms with Crippen LogP contribution >= 0.6 is 0 Å². The number of methoxy groups -OCH3 is 1. The molecule has 1 heterocycles. The average molecular weight is 527 g/mol. The van der Waals surface area contributed by atoms with Crippen LogP contribution in [0.2, 0.25) is 0 Å². The lowest BCUT2D eigenvalue weighted by molar-refractivity contribution is -0.141. The summed E-state index contributed by atoms with van der Waals surface area (Å²) < 4.78 is 69.3. The molecule has 4 rings (SSSR count). The first-order valence-corrected chi connectivity index (χ1v) is 11.2. The van der Waals surface area contributed by atoms with Crippen LogP contribution in [0.25, 0.3) is 17.0 Å². The number of aromatic nitrogens is 1. The lowest BCUT2D eigenvalue weighted by Crippen LogP contribution is -2.08. The number of ether oxygens (including phenoxy) is 3. The van der Waals surface area contributed by atoms with E-state index >= 15 is 0 Å². The lowest BCUT2D eigenvalue weighted by atomic mass is 10.1. The smallest absolute Gasteiger partial charge is 0.433 e. The van der Waals surface area contributed by atoms with Crippen molar-refractivity contribution in [2.75, 3.05) is 7.11 Å². The third-order valence-electron chi connectivity index (χ3n) is 5.45. The molecule has 38 heavy (non-hydrogen) atoms. The van der Waals surface area contributed by atoms with E-state index in [4.69, 9.17) is 19.3 Å². The van der Waals surface area contributed by atoms with Gasteiger partial charge in [0.1, 0.15) is 42.0 Å². The zero-order valence-corrected chi connectivity index (χ0v) is 20.0. The van der Waals surface area contributed by atoms with Crippen molar-refractivity contribution in [1.29, 1.82) is 0 Å². The number of pyridine rings is 1. The first-order chi connectivity index (χ1) is 18.1. The Morgan fingerprint density at radius 1 is 0.921 bits per heavy atom.